The second-order valence-electron chi connectivity index (χ2n) is 7.16. The molecule has 2 aliphatic rings. The van der Waals surface area contributed by atoms with Crippen LogP contribution < -0.4 is 14.8 Å². The molecule has 3 atom stereocenters. The molecule has 28 heavy (non-hydrogen) atoms. The Balaban J connectivity index is 1.49. The van der Waals surface area contributed by atoms with Crippen LogP contribution in [0.5, 0.6) is 11.5 Å². The van der Waals surface area contributed by atoms with E-state index in [4.69, 9.17) is 9.47 Å². The minimum Gasteiger partial charge on any atom is -0.486 e. The molecule has 1 aliphatic carbocycles. The average Bonchev–Trinajstić information content (AvgIpc) is 3.31. The minimum absolute atomic E-state index is 0.0199. The van der Waals surface area contributed by atoms with Crippen molar-refractivity contribution in [2.45, 2.75) is 25.0 Å². The van der Waals surface area contributed by atoms with Gasteiger partial charge in [0.05, 0.1) is 11.7 Å². The molecule has 1 saturated carbocycles. The molecule has 1 fully saturated rings. The quantitative estimate of drug-likeness (QED) is 0.532. The lowest BCUT2D eigenvalue weighted by Crippen LogP contribution is -2.17. The van der Waals surface area contributed by atoms with Crippen LogP contribution in [0.25, 0.3) is 22.6 Å². The van der Waals surface area contributed by atoms with E-state index in [0.29, 0.717) is 60.4 Å². The molecular formula is C19H21N5O4. The highest BCUT2D eigenvalue weighted by atomic mass is 16.6. The fourth-order valence-electron chi connectivity index (χ4n) is 3.94. The van der Waals surface area contributed by atoms with Gasteiger partial charge >= 0.3 is 0 Å². The molecule has 9 nitrogen and oxygen atoms in total. The maximum atomic E-state index is 10.0. The zero-order valence-electron chi connectivity index (χ0n) is 15.1. The highest BCUT2D eigenvalue weighted by molar-refractivity contribution is 5.86. The summed E-state index contributed by atoms with van der Waals surface area (Å²) < 4.78 is 11.4. The van der Waals surface area contributed by atoms with E-state index in [1.807, 2.05) is 18.2 Å². The van der Waals surface area contributed by atoms with Gasteiger partial charge in [0.2, 0.25) is 0 Å². The maximum Gasteiger partial charge on any atom is 0.183 e. The number of para-hydroxylation sites is 1. The lowest BCUT2D eigenvalue weighted by Gasteiger charge is -2.20. The van der Waals surface area contributed by atoms with E-state index < -0.39 is 6.10 Å². The second kappa shape index (κ2) is 6.92. The first kappa shape index (κ1) is 17.2. The first-order valence-electron chi connectivity index (χ1n) is 9.38. The Bertz CT molecular complexity index is 1010. The van der Waals surface area contributed by atoms with Crippen LogP contribution in [-0.2, 0) is 0 Å². The number of ether oxygens (including phenoxy) is 2. The van der Waals surface area contributed by atoms with Gasteiger partial charge in [-0.05, 0) is 25.0 Å². The van der Waals surface area contributed by atoms with Crippen molar-refractivity contribution in [1.82, 2.24) is 19.9 Å². The number of nitrogens with zero attached hydrogens (tertiary/aromatic N) is 3. The summed E-state index contributed by atoms with van der Waals surface area (Å²) in [5, 5.41) is 22.8. The summed E-state index contributed by atoms with van der Waals surface area (Å²) in [5.41, 5.74) is 2.03. The molecule has 4 N–H and O–H groups in total. The van der Waals surface area contributed by atoms with Gasteiger partial charge in [0.25, 0.3) is 0 Å². The number of H-pyrrole nitrogens is 1. The molecule has 0 radical (unpaired) electrons. The van der Waals surface area contributed by atoms with E-state index in [2.05, 4.69) is 25.3 Å². The highest BCUT2D eigenvalue weighted by Gasteiger charge is 2.33. The summed E-state index contributed by atoms with van der Waals surface area (Å²) in [6.45, 7) is 0.999. The SMILES string of the molecule is OCC1C[C@@H](Nc2ncnc3nc(-c4cccc5c4OCCO5)[nH]c23)C[C@@H]1O. The van der Waals surface area contributed by atoms with Crippen molar-refractivity contribution in [3.8, 4) is 22.9 Å². The van der Waals surface area contributed by atoms with Gasteiger partial charge in [-0.2, -0.15) is 0 Å². The predicted molar refractivity (Wildman–Crippen MR) is 101 cm³/mol. The van der Waals surface area contributed by atoms with E-state index in [1.54, 1.807) is 0 Å². The molecule has 0 spiro atoms. The van der Waals surface area contributed by atoms with Crippen molar-refractivity contribution in [3.05, 3.63) is 24.5 Å². The van der Waals surface area contributed by atoms with E-state index in [1.165, 1.54) is 6.33 Å². The Morgan fingerprint density at radius 1 is 1.18 bits per heavy atom. The third-order valence-corrected chi connectivity index (χ3v) is 5.34. The number of aromatic nitrogens is 4. The van der Waals surface area contributed by atoms with Crippen molar-refractivity contribution in [2.75, 3.05) is 25.1 Å². The third kappa shape index (κ3) is 2.92. The van der Waals surface area contributed by atoms with E-state index in [9.17, 15) is 10.2 Å². The Labute approximate surface area is 160 Å². The van der Waals surface area contributed by atoms with Crippen molar-refractivity contribution >= 4 is 17.0 Å². The van der Waals surface area contributed by atoms with Crippen LogP contribution in [-0.4, -0.2) is 62.1 Å². The van der Waals surface area contributed by atoms with Crippen LogP contribution in [0.15, 0.2) is 24.5 Å². The Morgan fingerprint density at radius 2 is 2.07 bits per heavy atom. The molecule has 146 valence electrons. The fourth-order valence-corrected chi connectivity index (χ4v) is 3.94. The molecule has 0 bridgehead atoms. The third-order valence-electron chi connectivity index (χ3n) is 5.34. The number of anilines is 1. The standard InChI is InChI=1S/C19H21N5O4/c25-8-10-6-11(7-13(10)26)22-18-15-19(21-9-20-18)24-17(23-15)12-2-1-3-14-16(12)28-5-4-27-14/h1-3,9-11,13,25-26H,4-8H2,(H2,20,21,22,23,24)/t10?,11-,13+/m1/s1. The van der Waals surface area contributed by atoms with Crippen molar-refractivity contribution < 1.29 is 19.7 Å². The number of hydrogen-bond donors (Lipinski definition) is 4. The predicted octanol–water partition coefficient (Wildman–Crippen LogP) is 1.33. The average molecular weight is 383 g/mol. The van der Waals surface area contributed by atoms with Gasteiger partial charge in [0, 0.05) is 18.6 Å². The second-order valence-corrected chi connectivity index (χ2v) is 7.16. The monoisotopic (exact) mass is 383 g/mol. The first-order chi connectivity index (χ1) is 13.7. The maximum absolute atomic E-state index is 10.0. The van der Waals surface area contributed by atoms with Crippen LogP contribution in [0.2, 0.25) is 0 Å². The smallest absolute Gasteiger partial charge is 0.183 e. The number of benzene rings is 1. The molecule has 0 saturated heterocycles. The molecule has 1 unspecified atom stereocenters. The summed E-state index contributed by atoms with van der Waals surface area (Å²) in [6.07, 6.45) is 2.20. The van der Waals surface area contributed by atoms with Crippen LogP contribution in [0.3, 0.4) is 0 Å². The molecule has 5 rings (SSSR count). The van der Waals surface area contributed by atoms with Crippen LogP contribution in [0.1, 0.15) is 12.8 Å². The molecule has 0 amide bonds. The summed E-state index contributed by atoms with van der Waals surface area (Å²) >= 11 is 0. The number of rotatable bonds is 4. The summed E-state index contributed by atoms with van der Waals surface area (Å²) in [7, 11) is 0. The van der Waals surface area contributed by atoms with Gasteiger partial charge in [0.1, 0.15) is 30.9 Å². The first-order valence-corrected chi connectivity index (χ1v) is 9.38. The van der Waals surface area contributed by atoms with Gasteiger partial charge in [-0.15, -0.1) is 0 Å². The zero-order chi connectivity index (χ0) is 19.1. The number of hydrogen-bond acceptors (Lipinski definition) is 8. The summed E-state index contributed by atoms with van der Waals surface area (Å²) in [5.74, 6) is 2.51. The van der Waals surface area contributed by atoms with Crippen molar-refractivity contribution in [3.63, 3.8) is 0 Å². The lowest BCUT2D eigenvalue weighted by atomic mass is 10.1. The Morgan fingerprint density at radius 3 is 2.93 bits per heavy atom. The van der Waals surface area contributed by atoms with E-state index >= 15 is 0 Å². The Hall–Kier alpha value is -2.91. The van der Waals surface area contributed by atoms with E-state index in [0.717, 1.165) is 5.56 Å². The van der Waals surface area contributed by atoms with Crippen LogP contribution >= 0.6 is 0 Å². The van der Waals surface area contributed by atoms with E-state index in [-0.39, 0.29) is 18.6 Å². The largest absolute Gasteiger partial charge is 0.486 e. The van der Waals surface area contributed by atoms with Gasteiger partial charge in [0.15, 0.2) is 23.0 Å². The van der Waals surface area contributed by atoms with Gasteiger partial charge in [-0.3, -0.25) is 0 Å². The summed E-state index contributed by atoms with van der Waals surface area (Å²) in [6, 6.07) is 5.72. The number of imidazole rings is 1. The Kier molecular flexibility index (Phi) is 4.25. The van der Waals surface area contributed by atoms with Gasteiger partial charge in [-0.1, -0.05) is 6.07 Å². The molecule has 1 aliphatic heterocycles. The molecule has 9 heteroatoms. The molecule has 1 aromatic carbocycles. The number of aromatic amines is 1. The fraction of sp³-hybridized carbons (Fsp3) is 0.421. The number of nitrogens with one attached hydrogen (secondary N) is 2. The number of fused-ring (bicyclic) bond motifs is 2. The van der Waals surface area contributed by atoms with Gasteiger partial charge in [-0.25, -0.2) is 15.0 Å². The number of aliphatic hydroxyl groups excluding tert-OH is 2. The topological polar surface area (TPSA) is 125 Å². The normalized spacial score (nSPS) is 23.9. The minimum atomic E-state index is -0.509. The van der Waals surface area contributed by atoms with Crippen LogP contribution in [0.4, 0.5) is 5.82 Å². The lowest BCUT2D eigenvalue weighted by molar-refractivity contribution is 0.0908. The number of aliphatic hydroxyl groups is 2. The van der Waals surface area contributed by atoms with Crippen molar-refractivity contribution in [1.29, 1.82) is 0 Å². The van der Waals surface area contributed by atoms with Gasteiger partial charge < -0.3 is 30.0 Å². The summed E-state index contributed by atoms with van der Waals surface area (Å²) in [4.78, 5) is 16.5. The highest BCUT2D eigenvalue weighted by Crippen LogP contribution is 2.39. The molecular weight excluding hydrogens is 362 g/mol. The molecule has 3 aromatic rings. The zero-order valence-corrected chi connectivity index (χ0v) is 15.1. The molecule has 2 aromatic heterocycles. The van der Waals surface area contributed by atoms with Crippen molar-refractivity contribution in [2.24, 2.45) is 5.92 Å². The molecule has 3 heterocycles. The van der Waals surface area contributed by atoms with Crippen LogP contribution in [0, 0.1) is 5.92 Å².